The van der Waals surface area contributed by atoms with E-state index in [9.17, 15) is 0 Å². The van der Waals surface area contributed by atoms with Gasteiger partial charge in [-0.3, -0.25) is 0 Å². The van der Waals surface area contributed by atoms with Gasteiger partial charge >= 0.3 is 0 Å². The second kappa shape index (κ2) is 4.26. The van der Waals surface area contributed by atoms with Crippen LogP contribution in [0.2, 0.25) is 0 Å². The van der Waals surface area contributed by atoms with Crippen molar-refractivity contribution in [3.05, 3.63) is 34.6 Å². The van der Waals surface area contributed by atoms with E-state index in [1.54, 1.807) is 6.33 Å². The Morgan fingerprint density at radius 2 is 1.94 bits per heavy atom. The van der Waals surface area contributed by atoms with Gasteiger partial charge in [0.05, 0.1) is 0 Å². The summed E-state index contributed by atoms with van der Waals surface area (Å²) >= 11 is 3.55. The molecular formula is C13H16BrN3. The van der Waals surface area contributed by atoms with E-state index in [2.05, 4.69) is 76.6 Å². The Balaban J connectivity index is 2.54. The van der Waals surface area contributed by atoms with Crippen molar-refractivity contribution in [3.63, 3.8) is 0 Å². The fourth-order valence-corrected chi connectivity index (χ4v) is 2.03. The van der Waals surface area contributed by atoms with Crippen molar-refractivity contribution in [1.82, 2.24) is 14.8 Å². The summed E-state index contributed by atoms with van der Waals surface area (Å²) in [6.07, 6.45) is 1.78. The van der Waals surface area contributed by atoms with E-state index in [1.165, 1.54) is 5.56 Å². The van der Waals surface area contributed by atoms with Crippen molar-refractivity contribution < 1.29 is 0 Å². The molecular weight excluding hydrogens is 278 g/mol. The predicted molar refractivity (Wildman–Crippen MR) is 72.9 cm³/mol. The Hall–Kier alpha value is -1.16. The van der Waals surface area contributed by atoms with Gasteiger partial charge in [-0.1, -0.05) is 28.1 Å². The Bertz CT molecular complexity index is 538. The Morgan fingerprint density at radius 1 is 1.24 bits per heavy atom. The van der Waals surface area contributed by atoms with E-state index in [1.807, 2.05) is 0 Å². The van der Waals surface area contributed by atoms with Crippen LogP contribution in [0.4, 0.5) is 0 Å². The number of hydrogen-bond donors (Lipinski definition) is 0. The summed E-state index contributed by atoms with van der Waals surface area (Å²) in [7, 11) is 0. The van der Waals surface area contributed by atoms with Gasteiger partial charge in [0, 0.05) is 15.6 Å². The average Bonchev–Trinajstić information content (AvgIpc) is 2.70. The van der Waals surface area contributed by atoms with E-state index in [-0.39, 0.29) is 5.54 Å². The Labute approximate surface area is 110 Å². The van der Waals surface area contributed by atoms with Crippen molar-refractivity contribution in [3.8, 4) is 11.4 Å². The van der Waals surface area contributed by atoms with E-state index < -0.39 is 0 Å². The molecule has 1 aromatic carbocycles. The van der Waals surface area contributed by atoms with Crippen molar-refractivity contribution >= 4 is 15.9 Å². The number of nitrogens with zero attached hydrogens (tertiary/aromatic N) is 3. The molecule has 0 spiro atoms. The standard InChI is InChI=1S/C13H16BrN3/c1-9-5-6-10(7-11(9)14)12-16-15-8-17(12)13(2,3)4/h5-8H,1-4H3. The van der Waals surface area contributed by atoms with Crippen molar-refractivity contribution in [2.45, 2.75) is 33.2 Å². The van der Waals surface area contributed by atoms with Crippen LogP contribution in [-0.4, -0.2) is 14.8 Å². The molecule has 0 atom stereocenters. The maximum absolute atomic E-state index is 4.22. The molecule has 17 heavy (non-hydrogen) atoms. The van der Waals surface area contributed by atoms with Gasteiger partial charge in [0.1, 0.15) is 6.33 Å². The van der Waals surface area contributed by atoms with Crippen LogP contribution in [0.3, 0.4) is 0 Å². The third kappa shape index (κ3) is 2.41. The van der Waals surface area contributed by atoms with Gasteiger partial charge in [0.15, 0.2) is 5.82 Å². The molecule has 0 saturated heterocycles. The van der Waals surface area contributed by atoms with Gasteiger partial charge < -0.3 is 4.57 Å². The maximum Gasteiger partial charge on any atom is 0.164 e. The first-order valence-electron chi connectivity index (χ1n) is 5.56. The first-order chi connectivity index (χ1) is 7.89. The number of benzene rings is 1. The van der Waals surface area contributed by atoms with E-state index >= 15 is 0 Å². The lowest BCUT2D eigenvalue weighted by Crippen LogP contribution is -2.21. The van der Waals surface area contributed by atoms with Crippen LogP contribution in [0.25, 0.3) is 11.4 Å². The Kier molecular flexibility index (Phi) is 3.08. The van der Waals surface area contributed by atoms with Crippen LogP contribution < -0.4 is 0 Å². The molecule has 0 saturated carbocycles. The molecule has 90 valence electrons. The number of aryl methyl sites for hydroxylation is 1. The molecule has 1 heterocycles. The zero-order valence-electron chi connectivity index (χ0n) is 10.5. The van der Waals surface area contributed by atoms with E-state index in [4.69, 9.17) is 0 Å². The van der Waals surface area contributed by atoms with Crippen LogP contribution in [-0.2, 0) is 5.54 Å². The molecule has 2 rings (SSSR count). The molecule has 0 aliphatic carbocycles. The monoisotopic (exact) mass is 293 g/mol. The molecule has 4 heteroatoms. The minimum atomic E-state index is -0.0177. The summed E-state index contributed by atoms with van der Waals surface area (Å²) in [5.41, 5.74) is 2.28. The largest absolute Gasteiger partial charge is 0.308 e. The topological polar surface area (TPSA) is 30.7 Å². The summed E-state index contributed by atoms with van der Waals surface area (Å²) in [5.74, 6) is 0.901. The molecule has 0 amide bonds. The highest BCUT2D eigenvalue weighted by atomic mass is 79.9. The highest BCUT2D eigenvalue weighted by Gasteiger charge is 2.18. The second-order valence-corrected chi connectivity index (χ2v) is 6.01. The molecule has 0 fully saturated rings. The van der Waals surface area contributed by atoms with Gasteiger partial charge in [0.2, 0.25) is 0 Å². The number of rotatable bonds is 1. The van der Waals surface area contributed by atoms with Crippen LogP contribution in [0.15, 0.2) is 29.0 Å². The van der Waals surface area contributed by atoms with Gasteiger partial charge in [0.25, 0.3) is 0 Å². The first kappa shape index (κ1) is 12.3. The third-order valence-electron chi connectivity index (χ3n) is 2.70. The lowest BCUT2D eigenvalue weighted by molar-refractivity contribution is 0.400. The van der Waals surface area contributed by atoms with Gasteiger partial charge in [-0.25, -0.2) is 0 Å². The zero-order valence-corrected chi connectivity index (χ0v) is 12.1. The SMILES string of the molecule is Cc1ccc(-c2nncn2C(C)(C)C)cc1Br. The molecule has 2 aromatic rings. The van der Waals surface area contributed by atoms with Crippen LogP contribution in [0.5, 0.6) is 0 Å². The fourth-order valence-electron chi connectivity index (χ4n) is 1.65. The third-order valence-corrected chi connectivity index (χ3v) is 3.55. The quantitative estimate of drug-likeness (QED) is 0.801. The molecule has 3 nitrogen and oxygen atoms in total. The van der Waals surface area contributed by atoms with E-state index in [0.29, 0.717) is 0 Å². The summed E-state index contributed by atoms with van der Waals surface area (Å²) in [6.45, 7) is 8.50. The van der Waals surface area contributed by atoms with Crippen molar-refractivity contribution in [2.75, 3.05) is 0 Å². The fraction of sp³-hybridized carbons (Fsp3) is 0.385. The molecule has 0 radical (unpaired) electrons. The maximum atomic E-state index is 4.22. The number of halogens is 1. The summed E-state index contributed by atoms with van der Waals surface area (Å²) < 4.78 is 3.18. The zero-order chi connectivity index (χ0) is 12.6. The number of hydrogen-bond acceptors (Lipinski definition) is 2. The van der Waals surface area contributed by atoms with Crippen molar-refractivity contribution in [2.24, 2.45) is 0 Å². The Morgan fingerprint density at radius 3 is 2.53 bits per heavy atom. The van der Waals surface area contributed by atoms with Gasteiger partial charge in [-0.05, 0) is 39.3 Å². The minimum Gasteiger partial charge on any atom is -0.308 e. The van der Waals surface area contributed by atoms with Gasteiger partial charge in [-0.15, -0.1) is 10.2 Å². The summed E-state index contributed by atoms with van der Waals surface area (Å²) in [4.78, 5) is 0. The lowest BCUT2D eigenvalue weighted by atomic mass is 10.1. The van der Waals surface area contributed by atoms with E-state index in [0.717, 1.165) is 15.9 Å². The highest BCUT2D eigenvalue weighted by Crippen LogP contribution is 2.27. The minimum absolute atomic E-state index is 0.0177. The molecule has 1 aromatic heterocycles. The molecule has 0 bridgehead atoms. The van der Waals surface area contributed by atoms with Crippen molar-refractivity contribution in [1.29, 1.82) is 0 Å². The van der Waals surface area contributed by atoms with Crippen LogP contribution in [0, 0.1) is 6.92 Å². The predicted octanol–water partition coefficient (Wildman–Crippen LogP) is 3.77. The highest BCUT2D eigenvalue weighted by molar-refractivity contribution is 9.10. The first-order valence-corrected chi connectivity index (χ1v) is 6.36. The number of aromatic nitrogens is 3. The average molecular weight is 294 g/mol. The molecule has 0 aliphatic heterocycles. The summed E-state index contributed by atoms with van der Waals surface area (Å²) in [5, 5.41) is 8.23. The molecule has 0 unspecified atom stereocenters. The lowest BCUT2D eigenvalue weighted by Gasteiger charge is -2.22. The molecule has 0 N–H and O–H groups in total. The van der Waals surface area contributed by atoms with Crippen LogP contribution in [0.1, 0.15) is 26.3 Å². The van der Waals surface area contributed by atoms with Gasteiger partial charge in [-0.2, -0.15) is 0 Å². The smallest absolute Gasteiger partial charge is 0.164 e. The normalized spacial score (nSPS) is 11.8. The second-order valence-electron chi connectivity index (χ2n) is 5.16. The van der Waals surface area contributed by atoms with Crippen LogP contribution >= 0.6 is 15.9 Å². The summed E-state index contributed by atoms with van der Waals surface area (Å²) in [6, 6.07) is 6.25. The molecule has 0 aliphatic rings.